The number of anilines is 1. The van der Waals surface area contributed by atoms with Crippen molar-refractivity contribution in [3.05, 3.63) is 58.1 Å². The summed E-state index contributed by atoms with van der Waals surface area (Å²) in [5.41, 5.74) is 1.17. The molecule has 0 aliphatic carbocycles. The summed E-state index contributed by atoms with van der Waals surface area (Å²) in [4.78, 5) is 12.1. The highest BCUT2D eigenvalue weighted by Crippen LogP contribution is 2.29. The van der Waals surface area contributed by atoms with Crippen LogP contribution in [0.4, 0.5) is 5.69 Å². The first-order valence-electron chi connectivity index (χ1n) is 6.70. The molecule has 0 aromatic heterocycles. The first-order chi connectivity index (χ1) is 11.0. The number of halogens is 2. The van der Waals surface area contributed by atoms with Gasteiger partial charge in [0, 0.05) is 12.1 Å². The molecule has 0 atom stereocenters. The number of nitrogens with one attached hydrogen (secondary N) is 1. The average Bonchev–Trinajstić information content (AvgIpc) is 2.56. The second kappa shape index (κ2) is 7.90. The Kier molecular flexibility index (Phi) is 5.90. The molecule has 0 unspecified atom stereocenters. The molecule has 0 fully saturated rings. The van der Waals surface area contributed by atoms with Crippen molar-refractivity contribution in [2.75, 3.05) is 19.5 Å². The van der Waals surface area contributed by atoms with Crippen LogP contribution in [0.1, 0.15) is 5.56 Å². The standard InChI is InChI=1S/C17H15Cl2NO3/c1-22-12-7-8-15(23-2)14(10-12)20-16(21)9-6-11-4-3-5-13(18)17(11)19/h3-10H,1-2H3,(H,20,21)/b9-6+. The van der Waals surface area contributed by atoms with Crippen molar-refractivity contribution in [3.63, 3.8) is 0 Å². The molecule has 1 amide bonds. The van der Waals surface area contributed by atoms with E-state index in [4.69, 9.17) is 32.7 Å². The summed E-state index contributed by atoms with van der Waals surface area (Å²) in [5.74, 6) is 0.823. The van der Waals surface area contributed by atoms with Gasteiger partial charge in [-0.1, -0.05) is 35.3 Å². The van der Waals surface area contributed by atoms with Crippen molar-refractivity contribution < 1.29 is 14.3 Å². The van der Waals surface area contributed by atoms with E-state index in [0.717, 1.165) is 0 Å². The number of carbonyl (C=O) groups is 1. The Labute approximate surface area is 144 Å². The third-order valence-corrected chi connectivity index (χ3v) is 3.89. The molecular weight excluding hydrogens is 337 g/mol. The molecule has 2 aromatic carbocycles. The van der Waals surface area contributed by atoms with Gasteiger partial charge in [0.2, 0.25) is 5.91 Å². The second-order valence-electron chi connectivity index (χ2n) is 4.53. The van der Waals surface area contributed by atoms with Gasteiger partial charge in [-0.3, -0.25) is 4.79 Å². The zero-order chi connectivity index (χ0) is 16.8. The maximum Gasteiger partial charge on any atom is 0.248 e. The lowest BCUT2D eigenvalue weighted by Gasteiger charge is -2.10. The monoisotopic (exact) mass is 351 g/mol. The van der Waals surface area contributed by atoms with Crippen LogP contribution in [0.25, 0.3) is 6.08 Å². The van der Waals surface area contributed by atoms with E-state index in [2.05, 4.69) is 5.32 Å². The van der Waals surface area contributed by atoms with Crippen molar-refractivity contribution in [1.82, 2.24) is 0 Å². The topological polar surface area (TPSA) is 47.6 Å². The van der Waals surface area contributed by atoms with Crippen LogP contribution in [0, 0.1) is 0 Å². The lowest BCUT2D eigenvalue weighted by molar-refractivity contribution is -0.111. The Hall–Kier alpha value is -2.17. The third kappa shape index (κ3) is 4.41. The van der Waals surface area contributed by atoms with Gasteiger partial charge in [0.1, 0.15) is 11.5 Å². The molecule has 0 aliphatic rings. The van der Waals surface area contributed by atoms with Crippen LogP contribution in [-0.4, -0.2) is 20.1 Å². The number of hydrogen-bond acceptors (Lipinski definition) is 3. The molecular formula is C17H15Cl2NO3. The predicted octanol–water partition coefficient (Wildman–Crippen LogP) is 4.66. The van der Waals surface area contributed by atoms with Crippen LogP contribution in [0.15, 0.2) is 42.5 Å². The van der Waals surface area contributed by atoms with Gasteiger partial charge in [-0.25, -0.2) is 0 Å². The number of methoxy groups -OCH3 is 2. The molecule has 4 nitrogen and oxygen atoms in total. The molecule has 0 saturated heterocycles. The SMILES string of the molecule is COc1ccc(OC)c(NC(=O)/C=C/c2cccc(Cl)c2Cl)c1. The fourth-order valence-electron chi connectivity index (χ4n) is 1.90. The van der Waals surface area contributed by atoms with E-state index in [-0.39, 0.29) is 5.91 Å². The smallest absolute Gasteiger partial charge is 0.248 e. The molecule has 0 bridgehead atoms. The van der Waals surface area contributed by atoms with Gasteiger partial charge in [-0.2, -0.15) is 0 Å². The molecule has 1 N–H and O–H groups in total. The van der Waals surface area contributed by atoms with Gasteiger partial charge in [0.05, 0.1) is 30.0 Å². The minimum absolute atomic E-state index is 0.326. The molecule has 23 heavy (non-hydrogen) atoms. The third-order valence-electron chi connectivity index (χ3n) is 3.06. The Morgan fingerprint density at radius 3 is 2.61 bits per heavy atom. The molecule has 0 spiro atoms. The van der Waals surface area contributed by atoms with Crippen LogP contribution in [0.5, 0.6) is 11.5 Å². The zero-order valence-electron chi connectivity index (χ0n) is 12.6. The lowest BCUT2D eigenvalue weighted by Crippen LogP contribution is -2.09. The second-order valence-corrected chi connectivity index (χ2v) is 5.32. The molecule has 0 aliphatic heterocycles. The summed E-state index contributed by atoms with van der Waals surface area (Å²) in [5, 5.41) is 3.57. The summed E-state index contributed by atoms with van der Waals surface area (Å²) in [7, 11) is 3.08. The average molecular weight is 352 g/mol. The quantitative estimate of drug-likeness (QED) is 0.796. The van der Waals surface area contributed by atoms with Gasteiger partial charge in [0.15, 0.2) is 0 Å². The first kappa shape index (κ1) is 17.2. The van der Waals surface area contributed by atoms with E-state index in [1.165, 1.54) is 13.2 Å². The maximum absolute atomic E-state index is 12.1. The van der Waals surface area contributed by atoms with E-state index >= 15 is 0 Å². The Morgan fingerprint density at radius 1 is 1.13 bits per heavy atom. The number of benzene rings is 2. The van der Waals surface area contributed by atoms with E-state index in [1.807, 2.05) is 0 Å². The van der Waals surface area contributed by atoms with E-state index in [9.17, 15) is 4.79 Å². The summed E-state index contributed by atoms with van der Waals surface area (Å²) in [6.45, 7) is 0. The predicted molar refractivity (Wildman–Crippen MR) is 93.7 cm³/mol. The summed E-state index contributed by atoms with van der Waals surface area (Å²) < 4.78 is 10.3. The van der Waals surface area contributed by atoms with Gasteiger partial charge < -0.3 is 14.8 Å². The van der Waals surface area contributed by atoms with Crippen LogP contribution in [0.2, 0.25) is 10.0 Å². The Balaban J connectivity index is 2.16. The van der Waals surface area contributed by atoms with Gasteiger partial charge >= 0.3 is 0 Å². The molecule has 2 aromatic rings. The Bertz CT molecular complexity index is 745. The lowest BCUT2D eigenvalue weighted by atomic mass is 10.2. The molecule has 6 heteroatoms. The normalized spacial score (nSPS) is 10.6. The van der Waals surface area contributed by atoms with E-state index in [0.29, 0.717) is 32.8 Å². The molecule has 2 rings (SSSR count). The van der Waals surface area contributed by atoms with Crippen LogP contribution in [-0.2, 0) is 4.79 Å². The van der Waals surface area contributed by atoms with Crippen molar-refractivity contribution in [2.24, 2.45) is 0 Å². The fourth-order valence-corrected chi connectivity index (χ4v) is 2.27. The largest absolute Gasteiger partial charge is 0.497 e. The molecule has 0 saturated carbocycles. The number of carbonyl (C=O) groups excluding carboxylic acids is 1. The minimum atomic E-state index is -0.326. The Morgan fingerprint density at radius 2 is 1.91 bits per heavy atom. The fraction of sp³-hybridized carbons (Fsp3) is 0.118. The van der Waals surface area contributed by atoms with Crippen molar-refractivity contribution in [2.45, 2.75) is 0 Å². The van der Waals surface area contributed by atoms with E-state index < -0.39 is 0 Å². The van der Waals surface area contributed by atoms with Crippen LogP contribution in [0.3, 0.4) is 0 Å². The van der Waals surface area contributed by atoms with Crippen LogP contribution < -0.4 is 14.8 Å². The highest BCUT2D eigenvalue weighted by atomic mass is 35.5. The summed E-state index contributed by atoms with van der Waals surface area (Å²) in [6, 6.07) is 10.3. The highest BCUT2D eigenvalue weighted by molar-refractivity contribution is 6.42. The minimum Gasteiger partial charge on any atom is -0.497 e. The van der Waals surface area contributed by atoms with Crippen molar-refractivity contribution in [3.8, 4) is 11.5 Å². The maximum atomic E-state index is 12.1. The summed E-state index contributed by atoms with van der Waals surface area (Å²) in [6.07, 6.45) is 2.96. The van der Waals surface area contributed by atoms with Crippen molar-refractivity contribution >= 4 is 40.9 Å². The van der Waals surface area contributed by atoms with Gasteiger partial charge in [-0.05, 0) is 29.8 Å². The molecule has 0 radical (unpaired) electrons. The molecule has 120 valence electrons. The van der Waals surface area contributed by atoms with Crippen molar-refractivity contribution in [1.29, 1.82) is 0 Å². The van der Waals surface area contributed by atoms with Gasteiger partial charge in [-0.15, -0.1) is 0 Å². The van der Waals surface area contributed by atoms with Gasteiger partial charge in [0.25, 0.3) is 0 Å². The zero-order valence-corrected chi connectivity index (χ0v) is 14.1. The number of rotatable bonds is 5. The number of hydrogen-bond donors (Lipinski definition) is 1. The first-order valence-corrected chi connectivity index (χ1v) is 7.46. The van der Waals surface area contributed by atoms with Crippen LogP contribution >= 0.6 is 23.2 Å². The number of ether oxygens (including phenoxy) is 2. The summed E-state index contributed by atoms with van der Waals surface area (Å²) >= 11 is 12.0. The molecule has 0 heterocycles. The van der Waals surface area contributed by atoms with E-state index in [1.54, 1.807) is 49.6 Å². The highest BCUT2D eigenvalue weighted by Gasteiger charge is 2.08. The number of amides is 1.